The molecule has 0 bridgehead atoms. The van der Waals surface area contributed by atoms with Gasteiger partial charge in [0.05, 0.1) is 11.3 Å². The Hall–Kier alpha value is -1.82. The smallest absolute Gasteiger partial charge is 0.253 e. The van der Waals surface area contributed by atoms with E-state index >= 15 is 0 Å². The standard InChI is InChI=1S/C16H20N2O3S/c1-10-5-4-6-13(16(21)17-3)15(10)18-8-12(7-14(18)20)9-22-11(2)19/h4-6,12H,7-9H2,1-3H3,(H,17,21). The first-order valence-corrected chi connectivity index (χ1v) is 8.18. The predicted octanol–water partition coefficient (Wildman–Crippen LogP) is 1.99. The maximum absolute atomic E-state index is 12.3. The van der Waals surface area contributed by atoms with Gasteiger partial charge in [-0.05, 0) is 24.5 Å². The van der Waals surface area contributed by atoms with Crippen LogP contribution in [-0.4, -0.2) is 36.3 Å². The van der Waals surface area contributed by atoms with Crippen molar-refractivity contribution in [3.05, 3.63) is 29.3 Å². The first-order chi connectivity index (χ1) is 10.4. The normalized spacial score (nSPS) is 17.7. The van der Waals surface area contributed by atoms with Crippen LogP contribution in [0.15, 0.2) is 18.2 Å². The van der Waals surface area contributed by atoms with Gasteiger partial charge in [-0.2, -0.15) is 0 Å². The predicted molar refractivity (Wildman–Crippen MR) is 88.2 cm³/mol. The van der Waals surface area contributed by atoms with Crippen molar-refractivity contribution in [2.75, 3.05) is 24.2 Å². The lowest BCUT2D eigenvalue weighted by molar-refractivity contribution is -0.117. The van der Waals surface area contributed by atoms with Crippen molar-refractivity contribution in [3.8, 4) is 0 Å². The van der Waals surface area contributed by atoms with Crippen molar-refractivity contribution in [3.63, 3.8) is 0 Å². The minimum Gasteiger partial charge on any atom is -0.355 e. The highest BCUT2D eigenvalue weighted by molar-refractivity contribution is 8.13. The second kappa shape index (κ2) is 6.96. The minimum absolute atomic E-state index is 0.00797. The van der Waals surface area contributed by atoms with Crippen molar-refractivity contribution >= 4 is 34.4 Å². The van der Waals surface area contributed by atoms with Crippen molar-refractivity contribution in [1.82, 2.24) is 5.32 Å². The quantitative estimate of drug-likeness (QED) is 0.921. The van der Waals surface area contributed by atoms with Gasteiger partial charge in [0.15, 0.2) is 5.12 Å². The maximum Gasteiger partial charge on any atom is 0.253 e. The molecule has 2 rings (SSSR count). The third-order valence-corrected chi connectivity index (χ3v) is 4.75. The molecule has 1 aliphatic rings. The van der Waals surface area contributed by atoms with Gasteiger partial charge in [-0.1, -0.05) is 23.9 Å². The average Bonchev–Trinajstić information content (AvgIpc) is 2.84. The second-order valence-electron chi connectivity index (χ2n) is 5.43. The van der Waals surface area contributed by atoms with Gasteiger partial charge in [0.2, 0.25) is 5.91 Å². The summed E-state index contributed by atoms with van der Waals surface area (Å²) in [7, 11) is 1.58. The maximum atomic E-state index is 12.3. The van der Waals surface area contributed by atoms with Gasteiger partial charge in [-0.15, -0.1) is 0 Å². The number of anilines is 1. The highest BCUT2D eigenvalue weighted by atomic mass is 32.2. The number of aryl methyl sites for hydroxylation is 1. The zero-order valence-electron chi connectivity index (χ0n) is 13.0. The lowest BCUT2D eigenvalue weighted by atomic mass is 10.1. The zero-order chi connectivity index (χ0) is 16.3. The van der Waals surface area contributed by atoms with Crippen LogP contribution >= 0.6 is 11.8 Å². The Labute approximate surface area is 134 Å². The van der Waals surface area contributed by atoms with Gasteiger partial charge in [0, 0.05) is 32.7 Å². The number of amides is 2. The Balaban J connectivity index is 2.26. The summed E-state index contributed by atoms with van der Waals surface area (Å²) in [6.07, 6.45) is 0.418. The van der Waals surface area contributed by atoms with Crippen molar-refractivity contribution in [2.24, 2.45) is 5.92 Å². The third-order valence-electron chi connectivity index (χ3n) is 3.71. The number of hydrogen-bond donors (Lipinski definition) is 1. The molecule has 5 nitrogen and oxygen atoms in total. The summed E-state index contributed by atoms with van der Waals surface area (Å²) in [5.41, 5.74) is 2.09. The number of carbonyl (C=O) groups is 3. The van der Waals surface area contributed by atoms with E-state index in [1.807, 2.05) is 19.1 Å². The second-order valence-corrected chi connectivity index (χ2v) is 6.62. The van der Waals surface area contributed by atoms with E-state index in [0.29, 0.717) is 30.0 Å². The van der Waals surface area contributed by atoms with Gasteiger partial charge >= 0.3 is 0 Å². The molecule has 0 aromatic heterocycles. The number of hydrogen-bond acceptors (Lipinski definition) is 4. The Morgan fingerprint density at radius 1 is 1.41 bits per heavy atom. The molecule has 1 N–H and O–H groups in total. The topological polar surface area (TPSA) is 66.5 Å². The van der Waals surface area contributed by atoms with E-state index in [4.69, 9.17) is 0 Å². The van der Waals surface area contributed by atoms with Crippen molar-refractivity contribution < 1.29 is 14.4 Å². The van der Waals surface area contributed by atoms with Crippen LogP contribution in [0.3, 0.4) is 0 Å². The first-order valence-electron chi connectivity index (χ1n) is 7.19. The number of rotatable bonds is 4. The summed E-state index contributed by atoms with van der Waals surface area (Å²) in [5, 5.41) is 2.68. The van der Waals surface area contributed by atoms with Crippen molar-refractivity contribution in [2.45, 2.75) is 20.3 Å². The van der Waals surface area contributed by atoms with Crippen LogP contribution in [0.1, 0.15) is 29.3 Å². The van der Waals surface area contributed by atoms with E-state index in [-0.39, 0.29) is 22.8 Å². The van der Waals surface area contributed by atoms with Gasteiger partial charge < -0.3 is 10.2 Å². The fourth-order valence-electron chi connectivity index (χ4n) is 2.68. The van der Waals surface area contributed by atoms with Crippen LogP contribution in [0.25, 0.3) is 0 Å². The lowest BCUT2D eigenvalue weighted by Gasteiger charge is -2.22. The molecule has 1 aromatic rings. The SMILES string of the molecule is CNC(=O)c1cccc(C)c1N1CC(CSC(C)=O)CC1=O. The molecular formula is C16H20N2O3S. The Kier molecular flexibility index (Phi) is 5.24. The van der Waals surface area contributed by atoms with E-state index in [0.717, 1.165) is 5.56 Å². The molecule has 118 valence electrons. The molecule has 1 fully saturated rings. The summed E-state index contributed by atoms with van der Waals surface area (Å²) in [5.74, 6) is 0.582. The fourth-order valence-corrected chi connectivity index (χ4v) is 3.37. The highest BCUT2D eigenvalue weighted by Gasteiger charge is 2.33. The zero-order valence-corrected chi connectivity index (χ0v) is 13.8. The van der Waals surface area contributed by atoms with Gasteiger partial charge in [-0.25, -0.2) is 0 Å². The number of para-hydroxylation sites is 1. The number of nitrogens with one attached hydrogen (secondary N) is 1. The summed E-state index contributed by atoms with van der Waals surface area (Å²) in [6, 6.07) is 5.44. The Morgan fingerprint density at radius 3 is 2.77 bits per heavy atom. The molecule has 1 heterocycles. The van der Waals surface area contributed by atoms with Crippen LogP contribution in [0, 0.1) is 12.8 Å². The summed E-state index contributed by atoms with van der Waals surface area (Å²) >= 11 is 1.25. The molecule has 1 atom stereocenters. The molecule has 1 saturated heterocycles. The largest absolute Gasteiger partial charge is 0.355 e. The minimum atomic E-state index is -0.201. The van der Waals surface area contributed by atoms with Gasteiger partial charge in [0.25, 0.3) is 5.91 Å². The summed E-state index contributed by atoms with van der Waals surface area (Å²) in [4.78, 5) is 37.2. The number of benzene rings is 1. The number of nitrogens with zero attached hydrogens (tertiary/aromatic N) is 1. The molecule has 0 radical (unpaired) electrons. The van der Waals surface area contributed by atoms with Crippen LogP contribution in [-0.2, 0) is 9.59 Å². The molecule has 1 aliphatic heterocycles. The molecule has 0 aliphatic carbocycles. The number of thioether (sulfide) groups is 1. The third kappa shape index (κ3) is 3.50. The molecule has 2 amide bonds. The molecular weight excluding hydrogens is 300 g/mol. The molecule has 22 heavy (non-hydrogen) atoms. The molecule has 6 heteroatoms. The highest BCUT2D eigenvalue weighted by Crippen LogP contribution is 2.32. The van der Waals surface area contributed by atoms with E-state index in [1.165, 1.54) is 18.7 Å². The molecule has 0 spiro atoms. The lowest BCUT2D eigenvalue weighted by Crippen LogP contribution is -2.29. The molecule has 0 saturated carbocycles. The van der Waals surface area contributed by atoms with Crippen LogP contribution in [0.4, 0.5) is 5.69 Å². The van der Waals surface area contributed by atoms with Gasteiger partial charge in [-0.3, -0.25) is 14.4 Å². The van der Waals surface area contributed by atoms with Crippen LogP contribution in [0.2, 0.25) is 0 Å². The first kappa shape index (κ1) is 16.5. The summed E-state index contributed by atoms with van der Waals surface area (Å²) < 4.78 is 0. The van der Waals surface area contributed by atoms with E-state index in [2.05, 4.69) is 5.32 Å². The Morgan fingerprint density at radius 2 is 2.14 bits per heavy atom. The number of carbonyl (C=O) groups excluding carboxylic acids is 3. The van der Waals surface area contributed by atoms with E-state index in [9.17, 15) is 14.4 Å². The molecule has 1 unspecified atom stereocenters. The monoisotopic (exact) mass is 320 g/mol. The van der Waals surface area contributed by atoms with E-state index < -0.39 is 0 Å². The summed E-state index contributed by atoms with van der Waals surface area (Å²) in [6.45, 7) is 3.98. The van der Waals surface area contributed by atoms with E-state index in [1.54, 1.807) is 18.0 Å². The average molecular weight is 320 g/mol. The van der Waals surface area contributed by atoms with Crippen LogP contribution < -0.4 is 10.2 Å². The van der Waals surface area contributed by atoms with Crippen molar-refractivity contribution in [1.29, 1.82) is 0 Å². The van der Waals surface area contributed by atoms with Crippen LogP contribution in [0.5, 0.6) is 0 Å². The fraction of sp³-hybridized carbons (Fsp3) is 0.438. The molecule has 1 aromatic carbocycles. The Bertz CT molecular complexity index is 615. The van der Waals surface area contributed by atoms with Gasteiger partial charge in [0.1, 0.15) is 0 Å².